The number of ether oxygens (including phenoxy) is 1. The Morgan fingerprint density at radius 1 is 1.13 bits per heavy atom. The zero-order valence-electron chi connectivity index (χ0n) is 15.2. The molecule has 1 aliphatic heterocycles. The Labute approximate surface area is 166 Å². The summed E-state index contributed by atoms with van der Waals surface area (Å²) in [7, 11) is 0. The summed E-state index contributed by atoms with van der Waals surface area (Å²) in [5, 5.41) is 13.7. The predicted octanol–water partition coefficient (Wildman–Crippen LogP) is 3.63. The van der Waals surface area contributed by atoms with Crippen molar-refractivity contribution >= 4 is 17.8 Å². The van der Waals surface area contributed by atoms with E-state index in [4.69, 9.17) is 5.26 Å². The Kier molecular flexibility index (Phi) is 7.01. The molecular weight excluding hydrogens is 422 g/mol. The van der Waals surface area contributed by atoms with Gasteiger partial charge in [-0.2, -0.15) is 31.6 Å². The molecule has 30 heavy (non-hydrogen) atoms. The first-order valence-electron chi connectivity index (χ1n) is 8.54. The van der Waals surface area contributed by atoms with Gasteiger partial charge in [0.05, 0.1) is 11.6 Å². The van der Waals surface area contributed by atoms with Crippen molar-refractivity contribution in [2.45, 2.75) is 24.9 Å². The zero-order chi connectivity index (χ0) is 22.5. The number of nitriles is 1. The van der Waals surface area contributed by atoms with E-state index in [9.17, 15) is 35.9 Å². The number of alkyl halides is 6. The molecule has 0 aliphatic carbocycles. The van der Waals surface area contributed by atoms with Crippen LogP contribution in [0.5, 0.6) is 0 Å². The normalized spacial score (nSPS) is 14.7. The minimum Gasteiger partial charge on any atom is -0.426 e. The quantitative estimate of drug-likeness (QED) is 0.687. The Morgan fingerprint density at radius 2 is 1.70 bits per heavy atom. The molecular formula is C17H16F6N4O3. The van der Waals surface area contributed by atoms with E-state index in [-0.39, 0.29) is 25.6 Å². The molecule has 7 nitrogen and oxygen atoms in total. The number of rotatable bonds is 5. The minimum absolute atomic E-state index is 0.0831. The first-order chi connectivity index (χ1) is 13.9. The van der Waals surface area contributed by atoms with Crippen LogP contribution in [0.2, 0.25) is 0 Å². The van der Waals surface area contributed by atoms with Crippen LogP contribution in [0, 0.1) is 17.2 Å². The monoisotopic (exact) mass is 438 g/mol. The van der Waals surface area contributed by atoms with Gasteiger partial charge in [-0.15, -0.1) is 0 Å². The second-order valence-corrected chi connectivity index (χ2v) is 6.48. The zero-order valence-corrected chi connectivity index (χ0v) is 15.2. The molecule has 2 rings (SSSR count). The first kappa shape index (κ1) is 23.1. The lowest BCUT2D eigenvalue weighted by Gasteiger charge is -2.39. The molecule has 1 heterocycles. The molecule has 1 aromatic carbocycles. The summed E-state index contributed by atoms with van der Waals surface area (Å²) in [6.45, 7) is 0.00374. The second-order valence-electron chi connectivity index (χ2n) is 6.48. The Hall–Kier alpha value is -3.17. The van der Waals surface area contributed by atoms with Crippen molar-refractivity contribution in [2.24, 2.45) is 5.92 Å². The number of benzene rings is 1. The number of carbonyl (C=O) groups excluding carboxylic acids is 2. The van der Waals surface area contributed by atoms with Crippen molar-refractivity contribution in [3.63, 3.8) is 0 Å². The fourth-order valence-corrected chi connectivity index (χ4v) is 2.59. The molecule has 0 aromatic heterocycles. The number of likely N-dealkylation sites (tertiary alicyclic amines) is 1. The van der Waals surface area contributed by atoms with Crippen molar-refractivity contribution in [2.75, 3.05) is 25.0 Å². The van der Waals surface area contributed by atoms with Gasteiger partial charge < -0.3 is 20.3 Å². The minimum atomic E-state index is -5.76. The van der Waals surface area contributed by atoms with E-state index in [1.807, 2.05) is 6.07 Å². The van der Waals surface area contributed by atoms with E-state index in [0.29, 0.717) is 17.7 Å². The van der Waals surface area contributed by atoms with Gasteiger partial charge in [0.1, 0.15) is 0 Å². The van der Waals surface area contributed by atoms with Crippen LogP contribution in [0.3, 0.4) is 0 Å². The summed E-state index contributed by atoms with van der Waals surface area (Å²) in [4.78, 5) is 24.0. The highest BCUT2D eigenvalue weighted by molar-refractivity contribution is 5.89. The lowest BCUT2D eigenvalue weighted by atomic mass is 9.97. The largest absolute Gasteiger partial charge is 0.434 e. The highest BCUT2D eigenvalue weighted by Crippen LogP contribution is 2.36. The molecule has 164 valence electrons. The summed E-state index contributed by atoms with van der Waals surface area (Å²) in [6, 6.07) is 7.48. The summed E-state index contributed by atoms with van der Waals surface area (Å²) >= 11 is 0. The van der Waals surface area contributed by atoms with E-state index < -0.39 is 30.6 Å². The van der Waals surface area contributed by atoms with Gasteiger partial charge in [-0.3, -0.25) is 0 Å². The van der Waals surface area contributed by atoms with Crippen LogP contribution < -0.4 is 10.6 Å². The number of anilines is 1. The van der Waals surface area contributed by atoms with Crippen LogP contribution in [0.1, 0.15) is 12.0 Å². The van der Waals surface area contributed by atoms with Gasteiger partial charge in [-0.25, -0.2) is 9.59 Å². The van der Waals surface area contributed by atoms with Gasteiger partial charge in [0.25, 0.3) is 6.10 Å². The summed E-state index contributed by atoms with van der Waals surface area (Å²) in [6.07, 6.45) is -17.0. The first-order valence-corrected chi connectivity index (χ1v) is 8.54. The molecule has 1 aliphatic rings. The molecule has 3 amide bonds. The van der Waals surface area contributed by atoms with Crippen LogP contribution >= 0.6 is 0 Å². The second kappa shape index (κ2) is 9.10. The molecule has 13 heteroatoms. The molecule has 0 radical (unpaired) electrons. The van der Waals surface area contributed by atoms with Crippen molar-refractivity contribution < 1.29 is 40.7 Å². The third-order valence-electron chi connectivity index (χ3n) is 4.14. The lowest BCUT2D eigenvalue weighted by Crippen LogP contribution is -2.54. The van der Waals surface area contributed by atoms with E-state index in [0.717, 1.165) is 4.90 Å². The number of carbonyl (C=O) groups is 2. The van der Waals surface area contributed by atoms with Crippen molar-refractivity contribution in [1.82, 2.24) is 10.2 Å². The smallest absolute Gasteiger partial charge is 0.426 e. The Bertz CT molecular complexity index is 784. The molecule has 0 spiro atoms. The SMILES string of the molecule is N#Cc1ccc(NC(=O)NCCC2CN(C(=O)OC(C(F)(F)F)C(F)(F)F)C2)cc1. The van der Waals surface area contributed by atoms with Crippen LogP contribution in [-0.2, 0) is 4.74 Å². The maximum absolute atomic E-state index is 12.4. The summed E-state index contributed by atoms with van der Waals surface area (Å²) < 4.78 is 78.0. The van der Waals surface area contributed by atoms with Crippen LogP contribution in [-0.4, -0.2) is 55.1 Å². The lowest BCUT2D eigenvalue weighted by molar-refractivity contribution is -0.309. The van der Waals surface area contributed by atoms with Crippen molar-refractivity contribution in [1.29, 1.82) is 5.26 Å². The fourth-order valence-electron chi connectivity index (χ4n) is 2.59. The number of hydrogen-bond donors (Lipinski definition) is 2. The molecule has 2 N–H and O–H groups in total. The van der Waals surface area contributed by atoms with E-state index in [2.05, 4.69) is 15.4 Å². The molecule has 0 atom stereocenters. The number of amides is 3. The number of nitrogens with zero attached hydrogens (tertiary/aromatic N) is 2. The highest BCUT2D eigenvalue weighted by atomic mass is 19.4. The number of urea groups is 1. The molecule has 1 fully saturated rings. The molecule has 1 aromatic rings. The van der Waals surface area contributed by atoms with E-state index in [1.165, 1.54) is 24.3 Å². The van der Waals surface area contributed by atoms with Crippen LogP contribution in [0.15, 0.2) is 24.3 Å². The summed E-state index contributed by atoms with van der Waals surface area (Å²) in [5.41, 5.74) is 0.874. The summed E-state index contributed by atoms with van der Waals surface area (Å²) in [5.74, 6) is -0.206. The standard InChI is InChI=1S/C17H16F6N4O3/c18-16(19,20)13(17(21,22)23)30-15(29)27-8-11(9-27)5-6-25-14(28)26-12-3-1-10(7-24)2-4-12/h1-4,11,13H,5-6,8-9H2,(H2,25,26,28). The maximum Gasteiger partial charge on any atom is 0.434 e. The Balaban J connectivity index is 1.69. The van der Waals surface area contributed by atoms with Crippen LogP contribution in [0.25, 0.3) is 0 Å². The highest BCUT2D eigenvalue weighted by Gasteiger charge is 2.60. The molecule has 0 bridgehead atoms. The Morgan fingerprint density at radius 3 is 2.20 bits per heavy atom. The number of nitrogens with one attached hydrogen (secondary N) is 2. The third kappa shape index (κ3) is 6.43. The molecule has 1 saturated heterocycles. The van der Waals surface area contributed by atoms with Gasteiger partial charge >= 0.3 is 24.5 Å². The van der Waals surface area contributed by atoms with E-state index in [1.54, 1.807) is 0 Å². The molecule has 0 saturated carbocycles. The predicted molar refractivity (Wildman–Crippen MR) is 90.2 cm³/mol. The van der Waals surface area contributed by atoms with Crippen molar-refractivity contribution in [3.8, 4) is 6.07 Å². The van der Waals surface area contributed by atoms with Crippen LogP contribution in [0.4, 0.5) is 41.6 Å². The third-order valence-corrected chi connectivity index (χ3v) is 4.14. The topological polar surface area (TPSA) is 94.5 Å². The maximum atomic E-state index is 12.4. The van der Waals surface area contributed by atoms with Gasteiger partial charge in [0, 0.05) is 25.3 Å². The average molecular weight is 438 g/mol. The number of halogens is 6. The average Bonchev–Trinajstić information content (AvgIpc) is 2.60. The van der Waals surface area contributed by atoms with E-state index >= 15 is 0 Å². The van der Waals surface area contributed by atoms with Crippen molar-refractivity contribution in [3.05, 3.63) is 29.8 Å². The van der Waals surface area contributed by atoms with Gasteiger partial charge in [-0.1, -0.05) is 0 Å². The molecule has 0 unspecified atom stereocenters. The fraction of sp³-hybridized carbons (Fsp3) is 0.471. The van der Waals surface area contributed by atoms with Gasteiger partial charge in [-0.05, 0) is 36.6 Å². The number of hydrogen-bond acceptors (Lipinski definition) is 4. The van der Waals surface area contributed by atoms with Gasteiger partial charge in [0.15, 0.2) is 0 Å². The van der Waals surface area contributed by atoms with Gasteiger partial charge in [0.2, 0.25) is 0 Å².